The van der Waals surface area contributed by atoms with Gasteiger partial charge in [-0.25, -0.2) is 9.48 Å². The van der Waals surface area contributed by atoms with Gasteiger partial charge in [0.2, 0.25) is 0 Å². The van der Waals surface area contributed by atoms with Gasteiger partial charge in [0.1, 0.15) is 31.5 Å². The lowest BCUT2D eigenvalue weighted by atomic mass is 10.1. The molecule has 1 amide bonds. The largest absolute Gasteiger partial charge is 0.486 e. The molecule has 0 aliphatic carbocycles. The second kappa shape index (κ2) is 7.48. The van der Waals surface area contributed by atoms with Gasteiger partial charge >= 0.3 is 6.09 Å². The summed E-state index contributed by atoms with van der Waals surface area (Å²) in [6, 6.07) is 5.36. The molecule has 1 N–H and O–H groups in total. The number of tetrazole rings is 1. The van der Waals surface area contributed by atoms with Crippen LogP contribution in [0.4, 0.5) is 4.79 Å². The number of rotatable bonds is 4. The van der Waals surface area contributed by atoms with Gasteiger partial charge in [0.05, 0.1) is 13.2 Å². The Morgan fingerprint density at radius 1 is 1.21 bits per heavy atom. The van der Waals surface area contributed by atoms with Crippen LogP contribution in [0.1, 0.15) is 13.0 Å². The molecular weight excluding hydrogens is 382 g/mol. The van der Waals surface area contributed by atoms with E-state index in [1.807, 2.05) is 25.1 Å². The SMILES string of the molecule is CCNC(=O)OC1COC2C1OCC2n1nnnc1-c1ccc2c(c1)OCCO2. The Morgan fingerprint density at radius 3 is 2.90 bits per heavy atom. The van der Waals surface area contributed by atoms with E-state index in [2.05, 4.69) is 20.8 Å². The van der Waals surface area contributed by atoms with Gasteiger partial charge < -0.3 is 29.0 Å². The number of amides is 1. The predicted octanol–water partition coefficient (Wildman–Crippen LogP) is 0.565. The number of alkyl carbamates (subject to hydrolysis) is 1. The highest BCUT2D eigenvalue weighted by molar-refractivity contribution is 5.67. The summed E-state index contributed by atoms with van der Waals surface area (Å²) < 4.78 is 30.1. The number of nitrogens with zero attached hydrogens (tertiary/aromatic N) is 4. The van der Waals surface area contributed by atoms with Gasteiger partial charge in [0.15, 0.2) is 23.4 Å². The maximum Gasteiger partial charge on any atom is 0.407 e. The molecule has 4 atom stereocenters. The van der Waals surface area contributed by atoms with Crippen LogP contribution >= 0.6 is 0 Å². The van der Waals surface area contributed by atoms with Gasteiger partial charge in [-0.05, 0) is 35.5 Å². The fourth-order valence-electron chi connectivity index (χ4n) is 3.87. The topological polar surface area (TPSA) is 119 Å². The van der Waals surface area contributed by atoms with E-state index in [9.17, 15) is 4.79 Å². The Bertz CT molecular complexity index is 905. The number of fused-ring (bicyclic) bond motifs is 2. The lowest BCUT2D eigenvalue weighted by Crippen LogP contribution is -2.37. The third-order valence-corrected chi connectivity index (χ3v) is 5.17. The van der Waals surface area contributed by atoms with Crippen LogP contribution in [0, 0.1) is 0 Å². The average Bonchev–Trinajstić information content (AvgIpc) is 3.45. The van der Waals surface area contributed by atoms with Crippen molar-refractivity contribution in [3.8, 4) is 22.9 Å². The Morgan fingerprint density at radius 2 is 2.03 bits per heavy atom. The zero-order chi connectivity index (χ0) is 19.8. The van der Waals surface area contributed by atoms with Crippen molar-refractivity contribution in [3.05, 3.63) is 18.2 Å². The molecule has 2 saturated heterocycles. The zero-order valence-corrected chi connectivity index (χ0v) is 15.8. The summed E-state index contributed by atoms with van der Waals surface area (Å²) in [6.07, 6.45) is -1.62. The molecule has 5 rings (SSSR count). The molecule has 0 saturated carbocycles. The molecule has 2 fully saturated rings. The van der Waals surface area contributed by atoms with Crippen LogP contribution in [0.3, 0.4) is 0 Å². The summed E-state index contributed by atoms with van der Waals surface area (Å²) in [5.74, 6) is 1.94. The number of benzene rings is 1. The maximum atomic E-state index is 11.8. The van der Waals surface area contributed by atoms with Gasteiger partial charge in [0, 0.05) is 12.1 Å². The van der Waals surface area contributed by atoms with Crippen molar-refractivity contribution < 1.29 is 28.5 Å². The van der Waals surface area contributed by atoms with E-state index < -0.39 is 12.2 Å². The molecule has 2 aromatic rings. The Labute approximate surface area is 166 Å². The van der Waals surface area contributed by atoms with Crippen LogP contribution in [0.15, 0.2) is 18.2 Å². The smallest absolute Gasteiger partial charge is 0.407 e. The molecule has 29 heavy (non-hydrogen) atoms. The molecule has 0 radical (unpaired) electrons. The van der Waals surface area contributed by atoms with Crippen molar-refractivity contribution >= 4 is 6.09 Å². The lowest BCUT2D eigenvalue weighted by molar-refractivity contribution is 0.00320. The van der Waals surface area contributed by atoms with Crippen LogP contribution < -0.4 is 14.8 Å². The molecule has 3 aliphatic rings. The van der Waals surface area contributed by atoms with E-state index >= 15 is 0 Å². The normalized spacial score (nSPS) is 27.5. The van der Waals surface area contributed by atoms with E-state index in [0.717, 1.165) is 5.56 Å². The van der Waals surface area contributed by atoms with Gasteiger partial charge in [-0.2, -0.15) is 0 Å². The summed E-state index contributed by atoms with van der Waals surface area (Å²) >= 11 is 0. The Balaban J connectivity index is 1.36. The monoisotopic (exact) mass is 403 g/mol. The van der Waals surface area contributed by atoms with Crippen molar-refractivity contribution in [3.63, 3.8) is 0 Å². The van der Waals surface area contributed by atoms with E-state index in [4.69, 9.17) is 23.7 Å². The quantitative estimate of drug-likeness (QED) is 0.781. The minimum atomic E-state index is -0.479. The number of carbonyl (C=O) groups excluding carboxylic acids is 1. The number of aromatic nitrogens is 4. The van der Waals surface area contributed by atoms with Crippen LogP contribution in [-0.4, -0.2) is 77.6 Å². The summed E-state index contributed by atoms with van der Waals surface area (Å²) in [7, 11) is 0. The Kier molecular flexibility index (Phi) is 4.68. The van der Waals surface area contributed by atoms with Crippen LogP contribution in [0.5, 0.6) is 11.5 Å². The second-order valence-corrected chi connectivity index (χ2v) is 6.94. The molecule has 11 heteroatoms. The summed E-state index contributed by atoms with van der Waals surface area (Å²) in [4.78, 5) is 11.8. The highest BCUT2D eigenvalue weighted by Gasteiger charge is 2.51. The first kappa shape index (κ1) is 18.1. The van der Waals surface area contributed by atoms with Crippen molar-refractivity contribution in [2.24, 2.45) is 0 Å². The minimum absolute atomic E-state index is 0.235. The van der Waals surface area contributed by atoms with Crippen molar-refractivity contribution in [2.75, 3.05) is 33.0 Å². The number of ether oxygens (including phenoxy) is 5. The van der Waals surface area contributed by atoms with Crippen molar-refractivity contribution in [1.82, 2.24) is 25.5 Å². The van der Waals surface area contributed by atoms with Crippen molar-refractivity contribution in [1.29, 1.82) is 0 Å². The summed E-state index contributed by atoms with van der Waals surface area (Å²) in [5.41, 5.74) is 0.802. The molecule has 4 unspecified atom stereocenters. The third-order valence-electron chi connectivity index (χ3n) is 5.17. The zero-order valence-electron chi connectivity index (χ0n) is 15.8. The lowest BCUT2D eigenvalue weighted by Gasteiger charge is -2.20. The fraction of sp³-hybridized carbons (Fsp3) is 0.556. The first-order valence-corrected chi connectivity index (χ1v) is 9.60. The molecule has 11 nitrogen and oxygen atoms in total. The van der Waals surface area contributed by atoms with Crippen molar-refractivity contribution in [2.45, 2.75) is 31.3 Å². The second-order valence-electron chi connectivity index (χ2n) is 6.94. The maximum absolute atomic E-state index is 11.8. The highest BCUT2D eigenvalue weighted by Crippen LogP contribution is 2.38. The van der Waals surface area contributed by atoms with E-state index in [1.54, 1.807) is 4.68 Å². The first-order valence-electron chi connectivity index (χ1n) is 9.60. The molecule has 1 aromatic heterocycles. The minimum Gasteiger partial charge on any atom is -0.486 e. The molecule has 154 valence electrons. The summed E-state index contributed by atoms with van der Waals surface area (Å²) in [6.45, 7) is 3.98. The molecule has 4 heterocycles. The van der Waals surface area contributed by atoms with Crippen LogP contribution in [0.25, 0.3) is 11.4 Å². The van der Waals surface area contributed by atoms with E-state index in [0.29, 0.717) is 43.7 Å². The average molecular weight is 403 g/mol. The van der Waals surface area contributed by atoms with Gasteiger partial charge in [-0.3, -0.25) is 0 Å². The summed E-state index contributed by atoms with van der Waals surface area (Å²) in [5, 5.41) is 14.8. The predicted molar refractivity (Wildman–Crippen MR) is 96.7 cm³/mol. The van der Waals surface area contributed by atoms with Gasteiger partial charge in [0.25, 0.3) is 0 Å². The number of nitrogens with one attached hydrogen (secondary N) is 1. The number of hydrogen-bond acceptors (Lipinski definition) is 9. The number of carbonyl (C=O) groups is 1. The van der Waals surface area contributed by atoms with Crippen LogP contribution in [-0.2, 0) is 14.2 Å². The highest BCUT2D eigenvalue weighted by atomic mass is 16.6. The standard InChI is InChI=1S/C18H21N5O6/c1-2-19-18(24)29-14-9-28-15-11(8-27-16(14)15)23-17(20-21-22-23)10-3-4-12-13(7-10)26-6-5-25-12/h3-4,7,11,14-16H,2,5-6,8-9H2,1H3,(H,19,24). The van der Waals surface area contributed by atoms with Crippen LogP contribution in [0.2, 0.25) is 0 Å². The van der Waals surface area contributed by atoms with E-state index in [1.165, 1.54) is 0 Å². The molecule has 3 aliphatic heterocycles. The fourth-order valence-corrected chi connectivity index (χ4v) is 3.87. The first-order chi connectivity index (χ1) is 14.2. The molecule has 1 aromatic carbocycles. The van der Waals surface area contributed by atoms with Gasteiger partial charge in [-0.15, -0.1) is 5.10 Å². The molecule has 0 spiro atoms. The number of hydrogen-bond donors (Lipinski definition) is 1. The molecular formula is C18H21N5O6. The third kappa shape index (κ3) is 3.25. The van der Waals surface area contributed by atoms with Gasteiger partial charge in [-0.1, -0.05) is 0 Å². The van der Waals surface area contributed by atoms with E-state index in [-0.39, 0.29) is 24.9 Å². The molecule has 0 bridgehead atoms. The Hall–Kier alpha value is -2.92.